The number of hydrogen-bond acceptors (Lipinski definition) is 2. The third kappa shape index (κ3) is 1.48. The van der Waals surface area contributed by atoms with Crippen LogP contribution in [0.25, 0.3) is 0 Å². The van der Waals surface area contributed by atoms with E-state index >= 15 is 0 Å². The molecular formula is C11H11NO2. The van der Waals surface area contributed by atoms with Crippen molar-refractivity contribution < 1.29 is 9.21 Å². The Hall–Kier alpha value is -1.77. The van der Waals surface area contributed by atoms with Crippen LogP contribution in [0.15, 0.2) is 35.0 Å². The maximum Gasteiger partial charge on any atom is 0.229 e. The molecule has 72 valence electrons. The Labute approximate surface area is 81.7 Å². The minimum Gasteiger partial charge on any atom is -0.458 e. The zero-order chi connectivity index (χ0) is 9.97. The van der Waals surface area contributed by atoms with Gasteiger partial charge in [-0.15, -0.1) is 0 Å². The van der Waals surface area contributed by atoms with Gasteiger partial charge in [-0.3, -0.25) is 4.79 Å². The highest BCUT2D eigenvalue weighted by Gasteiger charge is 2.12. The van der Waals surface area contributed by atoms with Gasteiger partial charge in [-0.2, -0.15) is 0 Å². The number of H-pyrrole nitrogens is 1. The zero-order valence-corrected chi connectivity index (χ0v) is 7.91. The fourth-order valence-electron chi connectivity index (χ4n) is 1.30. The summed E-state index contributed by atoms with van der Waals surface area (Å²) in [6.45, 7) is 1.99. The van der Waals surface area contributed by atoms with E-state index in [1.165, 1.54) is 0 Å². The summed E-state index contributed by atoms with van der Waals surface area (Å²) in [6.07, 6.45) is 4.19. The first-order chi connectivity index (χ1) is 6.81. The van der Waals surface area contributed by atoms with Crippen molar-refractivity contribution in [1.29, 1.82) is 0 Å². The second-order valence-corrected chi connectivity index (χ2v) is 3.05. The van der Waals surface area contributed by atoms with Crippen LogP contribution in [0.2, 0.25) is 0 Å². The normalized spacial score (nSPS) is 10.4. The lowest BCUT2D eigenvalue weighted by molar-refractivity contribution is 0.101. The quantitative estimate of drug-likeness (QED) is 0.753. The van der Waals surface area contributed by atoms with Crippen molar-refractivity contribution >= 4 is 5.78 Å². The molecule has 2 aromatic heterocycles. The molecule has 0 aromatic carbocycles. The van der Waals surface area contributed by atoms with E-state index in [-0.39, 0.29) is 5.78 Å². The van der Waals surface area contributed by atoms with E-state index in [1.807, 2.05) is 13.0 Å². The number of ketones is 1. The Morgan fingerprint density at radius 1 is 1.43 bits per heavy atom. The Balaban J connectivity index is 2.28. The van der Waals surface area contributed by atoms with E-state index in [4.69, 9.17) is 4.42 Å². The number of aromatic amines is 1. The van der Waals surface area contributed by atoms with Gasteiger partial charge in [-0.05, 0) is 18.2 Å². The van der Waals surface area contributed by atoms with Crippen LogP contribution in [0.1, 0.15) is 28.8 Å². The average Bonchev–Trinajstić information content (AvgIpc) is 2.88. The van der Waals surface area contributed by atoms with Gasteiger partial charge in [0.25, 0.3) is 0 Å². The van der Waals surface area contributed by atoms with Crippen molar-refractivity contribution in [2.24, 2.45) is 0 Å². The fourth-order valence-corrected chi connectivity index (χ4v) is 1.30. The van der Waals surface area contributed by atoms with Crippen LogP contribution in [-0.4, -0.2) is 10.8 Å². The molecule has 1 N–H and O–H groups in total. The van der Waals surface area contributed by atoms with Gasteiger partial charge < -0.3 is 9.40 Å². The third-order valence-electron chi connectivity index (χ3n) is 2.09. The second-order valence-electron chi connectivity index (χ2n) is 3.05. The first-order valence-corrected chi connectivity index (χ1v) is 4.57. The van der Waals surface area contributed by atoms with E-state index in [0.717, 1.165) is 12.2 Å². The van der Waals surface area contributed by atoms with Gasteiger partial charge in [0.2, 0.25) is 5.78 Å². The van der Waals surface area contributed by atoms with Crippen LogP contribution in [0.4, 0.5) is 0 Å². The maximum absolute atomic E-state index is 11.7. The zero-order valence-electron chi connectivity index (χ0n) is 7.91. The molecule has 0 atom stereocenters. The highest BCUT2D eigenvalue weighted by molar-refractivity contribution is 6.06. The molecule has 0 radical (unpaired) electrons. The van der Waals surface area contributed by atoms with E-state index < -0.39 is 0 Å². The molecule has 0 aliphatic carbocycles. The van der Waals surface area contributed by atoms with Gasteiger partial charge in [0.05, 0.1) is 0 Å². The number of rotatable bonds is 3. The molecule has 2 heterocycles. The van der Waals surface area contributed by atoms with Gasteiger partial charge in [0.15, 0.2) is 5.76 Å². The van der Waals surface area contributed by atoms with Crippen LogP contribution in [0.5, 0.6) is 0 Å². The summed E-state index contributed by atoms with van der Waals surface area (Å²) in [6, 6.07) is 5.28. The van der Waals surface area contributed by atoms with Crippen LogP contribution < -0.4 is 0 Å². The molecule has 14 heavy (non-hydrogen) atoms. The Kier molecular flexibility index (Phi) is 2.23. The summed E-state index contributed by atoms with van der Waals surface area (Å²) in [7, 11) is 0. The predicted octanol–water partition coefficient (Wildman–Crippen LogP) is 2.40. The lowest BCUT2D eigenvalue weighted by atomic mass is 10.2. The molecule has 0 amide bonds. The van der Waals surface area contributed by atoms with E-state index in [1.54, 1.807) is 24.5 Å². The molecule has 0 unspecified atom stereocenters. The molecule has 0 fully saturated rings. The van der Waals surface area contributed by atoms with Crippen molar-refractivity contribution in [3.63, 3.8) is 0 Å². The smallest absolute Gasteiger partial charge is 0.229 e. The first kappa shape index (κ1) is 8.81. The Morgan fingerprint density at radius 3 is 2.86 bits per heavy atom. The minimum absolute atomic E-state index is 0.0778. The minimum atomic E-state index is -0.0778. The SMILES string of the molecule is CCc1ccc(C(=O)c2cc[nH]c2)o1. The van der Waals surface area contributed by atoms with E-state index in [2.05, 4.69) is 4.98 Å². The summed E-state index contributed by atoms with van der Waals surface area (Å²) in [5.74, 6) is 1.16. The van der Waals surface area contributed by atoms with Gasteiger partial charge in [-0.25, -0.2) is 0 Å². The molecule has 0 aliphatic rings. The number of hydrogen-bond donors (Lipinski definition) is 1. The Bertz CT molecular complexity index is 426. The van der Waals surface area contributed by atoms with Crippen LogP contribution in [-0.2, 0) is 6.42 Å². The number of carbonyl (C=O) groups excluding carboxylic acids is 1. The molecule has 0 bridgehead atoms. The third-order valence-corrected chi connectivity index (χ3v) is 2.09. The summed E-state index contributed by atoms with van der Waals surface area (Å²) < 4.78 is 5.35. The monoisotopic (exact) mass is 189 g/mol. The maximum atomic E-state index is 11.7. The van der Waals surface area contributed by atoms with Gasteiger partial charge in [-0.1, -0.05) is 6.92 Å². The van der Waals surface area contributed by atoms with E-state index in [9.17, 15) is 4.79 Å². The van der Waals surface area contributed by atoms with Crippen LogP contribution in [0, 0.1) is 0 Å². The lowest BCUT2D eigenvalue weighted by Gasteiger charge is -1.92. The largest absolute Gasteiger partial charge is 0.458 e. The number of carbonyl (C=O) groups is 1. The standard InChI is InChI=1S/C11H11NO2/c1-2-9-3-4-10(14-9)11(13)8-5-6-12-7-8/h3-7,12H,2H2,1H3. The predicted molar refractivity (Wildman–Crippen MR) is 52.3 cm³/mol. The molecule has 0 aliphatic heterocycles. The molecule has 0 saturated carbocycles. The van der Waals surface area contributed by atoms with Gasteiger partial charge >= 0.3 is 0 Å². The average molecular weight is 189 g/mol. The number of furan rings is 1. The lowest BCUT2D eigenvalue weighted by Crippen LogP contribution is -1.96. The van der Waals surface area contributed by atoms with Crippen molar-refractivity contribution in [2.75, 3.05) is 0 Å². The van der Waals surface area contributed by atoms with Gasteiger partial charge in [0, 0.05) is 24.4 Å². The van der Waals surface area contributed by atoms with Crippen molar-refractivity contribution in [2.45, 2.75) is 13.3 Å². The molecule has 0 spiro atoms. The number of aromatic nitrogens is 1. The van der Waals surface area contributed by atoms with Crippen molar-refractivity contribution in [3.8, 4) is 0 Å². The Morgan fingerprint density at radius 2 is 2.29 bits per heavy atom. The molecule has 3 nitrogen and oxygen atoms in total. The fraction of sp³-hybridized carbons (Fsp3) is 0.182. The van der Waals surface area contributed by atoms with Crippen molar-refractivity contribution in [3.05, 3.63) is 47.7 Å². The molecular weight excluding hydrogens is 178 g/mol. The first-order valence-electron chi connectivity index (χ1n) is 4.57. The van der Waals surface area contributed by atoms with Crippen LogP contribution in [0.3, 0.4) is 0 Å². The summed E-state index contributed by atoms with van der Waals surface area (Å²) in [4.78, 5) is 14.6. The van der Waals surface area contributed by atoms with E-state index in [0.29, 0.717) is 11.3 Å². The molecule has 3 heteroatoms. The van der Waals surface area contributed by atoms with Crippen LogP contribution >= 0.6 is 0 Å². The van der Waals surface area contributed by atoms with Gasteiger partial charge in [0.1, 0.15) is 5.76 Å². The van der Waals surface area contributed by atoms with Crippen molar-refractivity contribution in [1.82, 2.24) is 4.98 Å². The number of nitrogens with one attached hydrogen (secondary N) is 1. The molecule has 2 rings (SSSR count). The highest BCUT2D eigenvalue weighted by Crippen LogP contribution is 2.13. The summed E-state index contributed by atoms with van der Waals surface area (Å²) in [5, 5.41) is 0. The highest BCUT2D eigenvalue weighted by atomic mass is 16.3. The second kappa shape index (κ2) is 3.54. The topological polar surface area (TPSA) is 46.0 Å². The molecule has 2 aromatic rings. The summed E-state index contributed by atoms with van der Waals surface area (Å²) in [5.41, 5.74) is 0.627. The molecule has 0 saturated heterocycles. The number of aryl methyl sites for hydroxylation is 1. The summed E-state index contributed by atoms with van der Waals surface area (Å²) >= 11 is 0.